The number of aryl methyl sites for hydroxylation is 1. The van der Waals surface area contributed by atoms with Crippen molar-refractivity contribution in [3.8, 4) is 0 Å². The minimum Gasteiger partial charge on any atom is -0.469 e. The number of hydrogen-bond donors (Lipinski definition) is 1. The first-order chi connectivity index (χ1) is 9.11. The highest BCUT2D eigenvalue weighted by Gasteiger charge is 2.16. The van der Waals surface area contributed by atoms with Gasteiger partial charge in [0.15, 0.2) is 0 Å². The first-order valence-corrected chi connectivity index (χ1v) is 6.71. The van der Waals surface area contributed by atoms with Crippen LogP contribution in [-0.2, 0) is 6.42 Å². The van der Waals surface area contributed by atoms with Crippen molar-refractivity contribution in [1.82, 2.24) is 5.32 Å². The number of furan rings is 1. The molecule has 0 aliphatic rings. The molecule has 1 heterocycles. The Morgan fingerprint density at radius 2 is 2.21 bits per heavy atom. The molecule has 2 aromatic rings. The largest absolute Gasteiger partial charge is 0.469 e. The summed E-state index contributed by atoms with van der Waals surface area (Å²) in [5.41, 5.74) is 1.85. The summed E-state index contributed by atoms with van der Waals surface area (Å²) < 4.78 is 18.8. The number of benzene rings is 1. The van der Waals surface area contributed by atoms with Crippen molar-refractivity contribution in [3.63, 3.8) is 0 Å². The number of hydrogen-bond acceptors (Lipinski definition) is 2. The van der Waals surface area contributed by atoms with Gasteiger partial charge in [-0.15, -0.1) is 0 Å². The number of rotatable bonds is 5. The van der Waals surface area contributed by atoms with Crippen molar-refractivity contribution >= 4 is 11.6 Å². The molecule has 19 heavy (non-hydrogen) atoms. The molecule has 1 N–H and O–H groups in total. The van der Waals surface area contributed by atoms with Gasteiger partial charge in [-0.3, -0.25) is 0 Å². The Morgan fingerprint density at radius 1 is 1.42 bits per heavy atom. The van der Waals surface area contributed by atoms with Crippen molar-refractivity contribution in [2.24, 2.45) is 0 Å². The summed E-state index contributed by atoms with van der Waals surface area (Å²) in [5.74, 6) is 0.487. The lowest BCUT2D eigenvalue weighted by Gasteiger charge is -2.17. The lowest BCUT2D eigenvalue weighted by molar-refractivity contribution is 0.510. The molecule has 0 bridgehead atoms. The van der Waals surface area contributed by atoms with Gasteiger partial charge < -0.3 is 9.73 Å². The van der Waals surface area contributed by atoms with Crippen LogP contribution in [0.1, 0.15) is 29.9 Å². The molecule has 0 aliphatic heterocycles. The second-order valence-corrected chi connectivity index (χ2v) is 4.90. The maximum atomic E-state index is 13.5. The van der Waals surface area contributed by atoms with E-state index in [0.29, 0.717) is 6.42 Å². The summed E-state index contributed by atoms with van der Waals surface area (Å²) in [6.07, 6.45) is 2.36. The maximum Gasteiger partial charge on any atom is 0.142 e. The van der Waals surface area contributed by atoms with E-state index in [2.05, 4.69) is 5.32 Å². The number of halogens is 2. The summed E-state index contributed by atoms with van der Waals surface area (Å²) in [7, 11) is 0. The molecule has 0 saturated heterocycles. The molecule has 0 fully saturated rings. The molecule has 1 aromatic heterocycles. The lowest BCUT2D eigenvalue weighted by atomic mass is 10.0. The van der Waals surface area contributed by atoms with E-state index in [9.17, 15) is 4.39 Å². The lowest BCUT2D eigenvalue weighted by Crippen LogP contribution is -2.22. The predicted octanol–water partition coefficient (Wildman–Crippen LogP) is 4.27. The molecular weight excluding hydrogens is 265 g/mol. The Labute approximate surface area is 117 Å². The van der Waals surface area contributed by atoms with Crippen LogP contribution in [0, 0.1) is 12.7 Å². The van der Waals surface area contributed by atoms with E-state index in [0.717, 1.165) is 23.4 Å². The number of nitrogens with one attached hydrogen (secondary N) is 1. The molecule has 1 unspecified atom stereocenters. The van der Waals surface area contributed by atoms with Gasteiger partial charge in [0.25, 0.3) is 0 Å². The zero-order valence-electron chi connectivity index (χ0n) is 11.0. The molecule has 2 nitrogen and oxygen atoms in total. The van der Waals surface area contributed by atoms with Gasteiger partial charge >= 0.3 is 0 Å². The van der Waals surface area contributed by atoms with Crippen molar-refractivity contribution in [2.45, 2.75) is 26.3 Å². The summed E-state index contributed by atoms with van der Waals surface area (Å²) in [6.45, 7) is 4.76. The topological polar surface area (TPSA) is 25.2 Å². The van der Waals surface area contributed by atoms with E-state index in [-0.39, 0.29) is 16.9 Å². The fraction of sp³-hybridized carbons (Fsp3) is 0.333. The van der Waals surface area contributed by atoms with Gasteiger partial charge in [0.05, 0.1) is 11.3 Å². The fourth-order valence-corrected chi connectivity index (χ4v) is 2.33. The summed E-state index contributed by atoms with van der Waals surface area (Å²) in [5, 5.41) is 3.57. The van der Waals surface area contributed by atoms with E-state index in [1.54, 1.807) is 12.3 Å². The third-order valence-electron chi connectivity index (χ3n) is 3.06. The van der Waals surface area contributed by atoms with Crippen LogP contribution in [0.2, 0.25) is 5.02 Å². The normalized spacial score (nSPS) is 12.6. The third kappa shape index (κ3) is 3.37. The van der Waals surface area contributed by atoms with Crippen molar-refractivity contribution in [2.75, 3.05) is 6.54 Å². The molecule has 0 amide bonds. The molecule has 102 valence electrons. The van der Waals surface area contributed by atoms with Crippen molar-refractivity contribution in [3.05, 3.63) is 58.3 Å². The monoisotopic (exact) mass is 281 g/mol. The third-order valence-corrected chi connectivity index (χ3v) is 3.48. The van der Waals surface area contributed by atoms with Crippen LogP contribution in [0.25, 0.3) is 0 Å². The van der Waals surface area contributed by atoms with Crippen LogP contribution in [-0.4, -0.2) is 6.54 Å². The van der Waals surface area contributed by atoms with E-state index >= 15 is 0 Å². The Kier molecular flexibility index (Phi) is 4.61. The standard InChI is InChI=1S/C15H17ClFNO/c1-3-18-14(12-7-10(2)19-9-12)8-11-5-4-6-13(17)15(11)16/h4-7,9,14,18H,3,8H2,1-2H3. The van der Waals surface area contributed by atoms with E-state index < -0.39 is 0 Å². The molecular formula is C15H17ClFNO. The van der Waals surface area contributed by atoms with Crippen LogP contribution in [0.4, 0.5) is 4.39 Å². The van der Waals surface area contributed by atoms with Gasteiger partial charge in [0.2, 0.25) is 0 Å². The molecule has 0 spiro atoms. The highest BCUT2D eigenvalue weighted by atomic mass is 35.5. The van der Waals surface area contributed by atoms with Crippen LogP contribution in [0.3, 0.4) is 0 Å². The smallest absolute Gasteiger partial charge is 0.142 e. The highest BCUT2D eigenvalue weighted by Crippen LogP contribution is 2.26. The molecule has 0 radical (unpaired) electrons. The van der Waals surface area contributed by atoms with Crippen LogP contribution < -0.4 is 5.32 Å². The molecule has 4 heteroatoms. The average Bonchev–Trinajstić information content (AvgIpc) is 2.81. The van der Waals surface area contributed by atoms with Crippen LogP contribution >= 0.6 is 11.6 Å². The quantitative estimate of drug-likeness (QED) is 0.885. The Balaban J connectivity index is 2.23. The van der Waals surface area contributed by atoms with Gasteiger partial charge in [0, 0.05) is 11.6 Å². The maximum absolute atomic E-state index is 13.5. The summed E-state index contributed by atoms with van der Waals surface area (Å²) in [6, 6.07) is 6.96. The summed E-state index contributed by atoms with van der Waals surface area (Å²) >= 11 is 6.00. The zero-order chi connectivity index (χ0) is 13.8. The van der Waals surface area contributed by atoms with E-state index in [1.165, 1.54) is 6.07 Å². The predicted molar refractivity (Wildman–Crippen MR) is 75.0 cm³/mol. The molecule has 0 saturated carbocycles. The van der Waals surface area contributed by atoms with Crippen LogP contribution in [0.5, 0.6) is 0 Å². The molecule has 2 rings (SSSR count). The highest BCUT2D eigenvalue weighted by molar-refractivity contribution is 6.31. The average molecular weight is 282 g/mol. The SMILES string of the molecule is CCNC(Cc1cccc(F)c1Cl)c1coc(C)c1. The molecule has 0 aliphatic carbocycles. The van der Waals surface area contributed by atoms with Gasteiger partial charge in [-0.1, -0.05) is 30.7 Å². The fourth-order valence-electron chi connectivity index (χ4n) is 2.13. The first-order valence-electron chi connectivity index (χ1n) is 6.33. The number of likely N-dealkylation sites (N-methyl/N-ethyl adjacent to an activating group) is 1. The van der Waals surface area contributed by atoms with Crippen LogP contribution in [0.15, 0.2) is 34.9 Å². The molecule has 1 atom stereocenters. The van der Waals surface area contributed by atoms with Crippen molar-refractivity contribution in [1.29, 1.82) is 0 Å². The first kappa shape index (κ1) is 14.1. The second-order valence-electron chi connectivity index (χ2n) is 4.52. The second kappa shape index (κ2) is 6.22. The molecule has 1 aromatic carbocycles. The van der Waals surface area contributed by atoms with Crippen molar-refractivity contribution < 1.29 is 8.81 Å². The minimum absolute atomic E-state index is 0.0711. The Hall–Kier alpha value is -1.32. The minimum atomic E-state index is -0.377. The van der Waals surface area contributed by atoms with Gasteiger partial charge in [-0.25, -0.2) is 4.39 Å². The van der Waals surface area contributed by atoms with E-state index in [1.807, 2.05) is 26.0 Å². The zero-order valence-corrected chi connectivity index (χ0v) is 11.8. The van der Waals surface area contributed by atoms with E-state index in [4.69, 9.17) is 16.0 Å². The Morgan fingerprint density at radius 3 is 2.84 bits per heavy atom. The Bertz CT molecular complexity index is 553. The van der Waals surface area contributed by atoms with Gasteiger partial charge in [-0.05, 0) is 37.6 Å². The van der Waals surface area contributed by atoms with Gasteiger partial charge in [0.1, 0.15) is 11.6 Å². The summed E-state index contributed by atoms with van der Waals surface area (Å²) in [4.78, 5) is 0. The van der Waals surface area contributed by atoms with Gasteiger partial charge in [-0.2, -0.15) is 0 Å².